The van der Waals surface area contributed by atoms with Gasteiger partial charge < -0.3 is 4.57 Å². The van der Waals surface area contributed by atoms with Crippen molar-refractivity contribution in [2.75, 3.05) is 0 Å². The summed E-state index contributed by atoms with van der Waals surface area (Å²) >= 11 is 3.52. The minimum atomic E-state index is -0.396. The molecule has 1 heterocycles. The Bertz CT molecular complexity index is 763. The van der Waals surface area contributed by atoms with Gasteiger partial charge in [-0.3, -0.25) is 10.1 Å². The van der Waals surface area contributed by atoms with Crippen LogP contribution in [-0.4, -0.2) is 9.49 Å². The van der Waals surface area contributed by atoms with Gasteiger partial charge in [0.1, 0.15) is 0 Å². The molecule has 19 heavy (non-hydrogen) atoms. The molecular formula is C14H9BrN2O2. The second-order valence-electron chi connectivity index (χ2n) is 4.13. The summed E-state index contributed by atoms with van der Waals surface area (Å²) in [5.74, 6) is 0. The maximum Gasteiger partial charge on any atom is 0.269 e. The average molecular weight is 317 g/mol. The summed E-state index contributed by atoms with van der Waals surface area (Å²) in [6, 6.07) is 16.5. The molecule has 2 aromatic carbocycles. The van der Waals surface area contributed by atoms with Crippen molar-refractivity contribution in [2.24, 2.45) is 0 Å². The number of nitro benzene ring substituents is 1. The molecule has 0 bridgehead atoms. The highest BCUT2D eigenvalue weighted by atomic mass is 79.9. The predicted octanol–water partition coefficient (Wildman–Crippen LogP) is 4.30. The van der Waals surface area contributed by atoms with E-state index in [0.29, 0.717) is 0 Å². The van der Waals surface area contributed by atoms with Gasteiger partial charge in [-0.2, -0.15) is 0 Å². The molecule has 4 nitrogen and oxygen atoms in total. The highest BCUT2D eigenvalue weighted by molar-refractivity contribution is 9.10. The molecular weight excluding hydrogens is 308 g/mol. The first-order valence-corrected chi connectivity index (χ1v) is 6.47. The number of rotatable bonds is 2. The van der Waals surface area contributed by atoms with Crippen LogP contribution in [-0.2, 0) is 0 Å². The molecule has 3 aromatic rings. The molecule has 5 heteroatoms. The fourth-order valence-electron chi connectivity index (χ4n) is 2.11. The third kappa shape index (κ3) is 2.02. The lowest BCUT2D eigenvalue weighted by molar-refractivity contribution is -0.384. The average Bonchev–Trinajstić information content (AvgIpc) is 2.74. The predicted molar refractivity (Wildman–Crippen MR) is 77.6 cm³/mol. The molecule has 1 aromatic heterocycles. The van der Waals surface area contributed by atoms with Crippen molar-refractivity contribution in [3.8, 4) is 5.69 Å². The van der Waals surface area contributed by atoms with Crippen LogP contribution in [0.15, 0.2) is 59.2 Å². The van der Waals surface area contributed by atoms with Crippen LogP contribution in [0.5, 0.6) is 0 Å². The van der Waals surface area contributed by atoms with Crippen molar-refractivity contribution in [3.63, 3.8) is 0 Å². The maximum absolute atomic E-state index is 10.7. The van der Waals surface area contributed by atoms with Crippen LogP contribution in [0.2, 0.25) is 0 Å². The van der Waals surface area contributed by atoms with E-state index in [2.05, 4.69) is 15.9 Å². The molecule has 0 amide bonds. The molecule has 94 valence electrons. The summed E-state index contributed by atoms with van der Waals surface area (Å²) in [5.41, 5.74) is 2.04. The topological polar surface area (TPSA) is 48.1 Å². The van der Waals surface area contributed by atoms with E-state index in [1.807, 2.05) is 34.9 Å². The summed E-state index contributed by atoms with van der Waals surface area (Å²) in [6.07, 6.45) is 0. The largest absolute Gasteiger partial charge is 0.304 e. The maximum atomic E-state index is 10.7. The van der Waals surface area contributed by atoms with Gasteiger partial charge in [0.2, 0.25) is 0 Å². The van der Waals surface area contributed by atoms with Crippen molar-refractivity contribution in [3.05, 3.63) is 69.3 Å². The van der Waals surface area contributed by atoms with Gasteiger partial charge in [-0.05, 0) is 40.2 Å². The Balaban J connectivity index is 2.18. The van der Waals surface area contributed by atoms with E-state index in [0.717, 1.165) is 21.2 Å². The van der Waals surface area contributed by atoms with Crippen LogP contribution in [0.3, 0.4) is 0 Å². The highest BCUT2D eigenvalue weighted by Gasteiger charge is 2.10. The number of benzene rings is 2. The van der Waals surface area contributed by atoms with E-state index >= 15 is 0 Å². The molecule has 3 rings (SSSR count). The van der Waals surface area contributed by atoms with Gasteiger partial charge in [0.25, 0.3) is 5.69 Å². The summed E-state index contributed by atoms with van der Waals surface area (Å²) in [7, 11) is 0. The number of hydrogen-bond acceptors (Lipinski definition) is 2. The third-order valence-corrected chi connectivity index (χ3v) is 3.57. The minimum Gasteiger partial charge on any atom is -0.304 e. The van der Waals surface area contributed by atoms with Gasteiger partial charge in [0.15, 0.2) is 0 Å². The number of halogens is 1. The van der Waals surface area contributed by atoms with Gasteiger partial charge in [-0.15, -0.1) is 0 Å². The molecule has 0 radical (unpaired) electrons. The Morgan fingerprint density at radius 3 is 2.42 bits per heavy atom. The molecule has 0 saturated heterocycles. The van der Waals surface area contributed by atoms with Crippen LogP contribution < -0.4 is 0 Å². The number of para-hydroxylation sites is 1. The third-order valence-electron chi connectivity index (χ3n) is 2.98. The Morgan fingerprint density at radius 2 is 1.74 bits per heavy atom. The van der Waals surface area contributed by atoms with Gasteiger partial charge >= 0.3 is 0 Å². The standard InChI is InChI=1S/C14H9BrN2O2/c15-14-9-10-3-1-2-4-13(10)16(14)11-5-7-12(8-6-11)17(18)19/h1-9H. The van der Waals surface area contributed by atoms with Gasteiger partial charge in [0, 0.05) is 23.2 Å². The molecule has 0 fully saturated rings. The number of aromatic nitrogens is 1. The first kappa shape index (κ1) is 11.9. The number of fused-ring (bicyclic) bond motifs is 1. The van der Waals surface area contributed by atoms with E-state index in [4.69, 9.17) is 0 Å². The number of hydrogen-bond donors (Lipinski definition) is 0. The lowest BCUT2D eigenvalue weighted by Gasteiger charge is -2.06. The summed E-state index contributed by atoms with van der Waals surface area (Å²) in [6.45, 7) is 0. The van der Waals surface area contributed by atoms with Gasteiger partial charge in [0.05, 0.1) is 15.0 Å². The van der Waals surface area contributed by atoms with Crippen LogP contribution in [0, 0.1) is 10.1 Å². The fourth-order valence-corrected chi connectivity index (χ4v) is 2.75. The Morgan fingerprint density at radius 1 is 1.05 bits per heavy atom. The van der Waals surface area contributed by atoms with Gasteiger partial charge in [-0.25, -0.2) is 0 Å². The van der Waals surface area contributed by atoms with Crippen LogP contribution in [0.4, 0.5) is 5.69 Å². The van der Waals surface area contributed by atoms with E-state index < -0.39 is 4.92 Å². The lowest BCUT2D eigenvalue weighted by atomic mass is 10.2. The quantitative estimate of drug-likeness (QED) is 0.522. The van der Waals surface area contributed by atoms with Crippen LogP contribution in [0.1, 0.15) is 0 Å². The van der Waals surface area contributed by atoms with E-state index in [9.17, 15) is 10.1 Å². The van der Waals surface area contributed by atoms with Gasteiger partial charge in [-0.1, -0.05) is 18.2 Å². The zero-order valence-corrected chi connectivity index (χ0v) is 11.4. The summed E-state index contributed by atoms with van der Waals surface area (Å²) in [5, 5.41) is 11.8. The SMILES string of the molecule is O=[N+]([O-])c1ccc(-n2c(Br)cc3ccccc32)cc1. The monoisotopic (exact) mass is 316 g/mol. The summed E-state index contributed by atoms with van der Waals surface area (Å²) in [4.78, 5) is 10.3. The van der Waals surface area contributed by atoms with E-state index in [1.165, 1.54) is 12.1 Å². The molecule has 0 spiro atoms. The Kier molecular flexibility index (Phi) is 2.83. The van der Waals surface area contributed by atoms with Crippen LogP contribution >= 0.6 is 15.9 Å². The van der Waals surface area contributed by atoms with Crippen molar-refractivity contribution in [1.82, 2.24) is 4.57 Å². The van der Waals surface area contributed by atoms with Crippen molar-refractivity contribution < 1.29 is 4.92 Å². The normalized spacial score (nSPS) is 10.8. The first-order chi connectivity index (χ1) is 9.16. The molecule has 0 atom stereocenters. The minimum absolute atomic E-state index is 0.0938. The first-order valence-electron chi connectivity index (χ1n) is 5.67. The fraction of sp³-hybridized carbons (Fsp3) is 0. The molecule has 0 saturated carbocycles. The number of nitrogens with zero attached hydrogens (tertiary/aromatic N) is 2. The number of non-ortho nitro benzene ring substituents is 1. The zero-order valence-electron chi connectivity index (χ0n) is 9.79. The molecule has 0 unspecified atom stereocenters. The molecule has 0 aliphatic carbocycles. The van der Waals surface area contributed by atoms with E-state index in [-0.39, 0.29) is 5.69 Å². The Hall–Kier alpha value is -2.14. The molecule has 0 aliphatic rings. The zero-order chi connectivity index (χ0) is 13.4. The summed E-state index contributed by atoms with van der Waals surface area (Å²) < 4.78 is 2.93. The molecule has 0 N–H and O–H groups in total. The van der Waals surface area contributed by atoms with Crippen LogP contribution in [0.25, 0.3) is 16.6 Å². The van der Waals surface area contributed by atoms with Crippen molar-refractivity contribution in [1.29, 1.82) is 0 Å². The molecule has 0 aliphatic heterocycles. The Labute approximate surface area is 117 Å². The second-order valence-corrected chi connectivity index (χ2v) is 4.95. The highest BCUT2D eigenvalue weighted by Crippen LogP contribution is 2.28. The smallest absolute Gasteiger partial charge is 0.269 e. The van der Waals surface area contributed by atoms with E-state index in [1.54, 1.807) is 12.1 Å². The number of nitro groups is 1. The lowest BCUT2D eigenvalue weighted by Crippen LogP contribution is -1.94. The second kappa shape index (κ2) is 4.51. The van der Waals surface area contributed by atoms with Crippen molar-refractivity contribution >= 4 is 32.5 Å². The van der Waals surface area contributed by atoms with Crippen molar-refractivity contribution in [2.45, 2.75) is 0 Å².